The summed E-state index contributed by atoms with van der Waals surface area (Å²) in [6, 6.07) is 0. The van der Waals surface area contributed by atoms with Crippen LogP contribution >= 0.6 is 15.9 Å². The maximum Gasteiger partial charge on any atom is 0.0409 e. The van der Waals surface area contributed by atoms with Gasteiger partial charge in [0.2, 0.25) is 0 Å². The van der Waals surface area contributed by atoms with Crippen LogP contribution in [0.1, 0.15) is 26.7 Å². The van der Waals surface area contributed by atoms with Crippen LogP contribution in [0.4, 0.5) is 0 Å². The van der Waals surface area contributed by atoms with Gasteiger partial charge in [0.1, 0.15) is 0 Å². The van der Waals surface area contributed by atoms with Gasteiger partial charge in [0.05, 0.1) is 0 Å². The van der Waals surface area contributed by atoms with Crippen LogP contribution in [0.25, 0.3) is 0 Å². The van der Waals surface area contributed by atoms with Crippen molar-refractivity contribution in [3.8, 4) is 0 Å². The molecular formula is C9H14BrN. The fraction of sp³-hybridized carbons (Fsp3) is 0.444. The molecule has 1 nitrogen and oxygen atoms in total. The molecule has 0 aliphatic heterocycles. The van der Waals surface area contributed by atoms with Crippen molar-refractivity contribution in [2.24, 2.45) is 4.99 Å². The fourth-order valence-corrected chi connectivity index (χ4v) is 0.753. The lowest BCUT2D eigenvalue weighted by Gasteiger charge is -1.92. The molecule has 0 aromatic heterocycles. The van der Waals surface area contributed by atoms with Crippen molar-refractivity contribution in [2.45, 2.75) is 26.7 Å². The lowest BCUT2D eigenvalue weighted by atomic mass is 10.2. The molecule has 11 heavy (non-hydrogen) atoms. The molecule has 0 aromatic rings. The van der Waals surface area contributed by atoms with Gasteiger partial charge in [-0.25, -0.2) is 0 Å². The zero-order valence-electron chi connectivity index (χ0n) is 7.10. The van der Waals surface area contributed by atoms with Gasteiger partial charge in [0, 0.05) is 16.4 Å². The molecule has 2 heteroatoms. The average Bonchev–Trinajstić information content (AvgIpc) is 2.01. The van der Waals surface area contributed by atoms with Gasteiger partial charge in [-0.1, -0.05) is 26.0 Å². The summed E-state index contributed by atoms with van der Waals surface area (Å²) in [6.45, 7) is 7.78. The third kappa shape index (κ3) is 6.05. The van der Waals surface area contributed by atoms with Gasteiger partial charge in [-0.3, -0.25) is 4.99 Å². The second kappa shape index (κ2) is 6.35. The van der Waals surface area contributed by atoms with E-state index in [0.29, 0.717) is 0 Å². The Kier molecular flexibility index (Phi) is 6.13. The second-order valence-electron chi connectivity index (χ2n) is 2.33. The molecule has 0 saturated heterocycles. The first-order valence-electron chi connectivity index (χ1n) is 3.72. The molecule has 0 amide bonds. The van der Waals surface area contributed by atoms with E-state index in [1.807, 2.05) is 6.92 Å². The van der Waals surface area contributed by atoms with Gasteiger partial charge in [0.15, 0.2) is 0 Å². The summed E-state index contributed by atoms with van der Waals surface area (Å²) in [5.74, 6) is 0. The number of aliphatic imine (C=N–C) groups is 1. The Hall–Kier alpha value is -0.370. The summed E-state index contributed by atoms with van der Waals surface area (Å²) in [6.07, 6.45) is 5.71. The molecule has 0 aromatic carbocycles. The van der Waals surface area contributed by atoms with Crippen LogP contribution in [-0.4, -0.2) is 5.71 Å². The first-order valence-corrected chi connectivity index (χ1v) is 4.51. The molecule has 0 fully saturated rings. The molecule has 0 spiro atoms. The van der Waals surface area contributed by atoms with Crippen molar-refractivity contribution in [1.29, 1.82) is 0 Å². The van der Waals surface area contributed by atoms with Crippen molar-refractivity contribution >= 4 is 21.6 Å². The molecule has 0 rings (SSSR count). The van der Waals surface area contributed by atoms with Gasteiger partial charge >= 0.3 is 0 Å². The summed E-state index contributed by atoms with van der Waals surface area (Å²) in [5.41, 5.74) is 1.16. The topological polar surface area (TPSA) is 12.4 Å². The van der Waals surface area contributed by atoms with Crippen LogP contribution in [0.2, 0.25) is 0 Å². The summed E-state index contributed by atoms with van der Waals surface area (Å²) < 4.78 is 0.924. The van der Waals surface area contributed by atoms with Gasteiger partial charge in [-0.2, -0.15) is 0 Å². The Bertz CT molecular complexity index is 180. The van der Waals surface area contributed by atoms with Crippen LogP contribution in [-0.2, 0) is 0 Å². The van der Waals surface area contributed by atoms with Crippen LogP contribution in [0.5, 0.6) is 0 Å². The number of nitrogens with zero attached hydrogens (tertiary/aromatic N) is 1. The highest BCUT2D eigenvalue weighted by atomic mass is 79.9. The maximum absolute atomic E-state index is 4.22. The van der Waals surface area contributed by atoms with Gasteiger partial charge in [-0.05, 0) is 29.3 Å². The largest absolute Gasteiger partial charge is 0.265 e. The van der Waals surface area contributed by atoms with E-state index < -0.39 is 0 Å². The Morgan fingerprint density at radius 3 is 2.73 bits per heavy atom. The quantitative estimate of drug-likeness (QED) is 0.502. The number of hydrogen-bond donors (Lipinski definition) is 0. The van der Waals surface area contributed by atoms with Gasteiger partial charge < -0.3 is 0 Å². The van der Waals surface area contributed by atoms with Crippen molar-refractivity contribution in [1.82, 2.24) is 0 Å². The normalized spacial score (nSPS) is 13.4. The zero-order chi connectivity index (χ0) is 8.69. The number of rotatable bonds is 4. The van der Waals surface area contributed by atoms with E-state index >= 15 is 0 Å². The van der Waals surface area contributed by atoms with Crippen LogP contribution in [0.15, 0.2) is 28.3 Å². The first-order chi connectivity index (χ1) is 5.20. The summed E-state index contributed by atoms with van der Waals surface area (Å²) in [5, 5.41) is 0. The van der Waals surface area contributed by atoms with Crippen LogP contribution in [0, 0.1) is 0 Å². The third-order valence-electron chi connectivity index (χ3n) is 1.22. The Morgan fingerprint density at radius 1 is 1.64 bits per heavy atom. The van der Waals surface area contributed by atoms with E-state index in [9.17, 15) is 0 Å². The van der Waals surface area contributed by atoms with E-state index in [1.165, 1.54) is 0 Å². The highest BCUT2D eigenvalue weighted by molar-refractivity contribution is 9.11. The first kappa shape index (κ1) is 10.6. The van der Waals surface area contributed by atoms with Gasteiger partial charge in [-0.15, -0.1) is 0 Å². The van der Waals surface area contributed by atoms with Crippen LogP contribution < -0.4 is 0 Å². The van der Waals surface area contributed by atoms with Crippen LogP contribution in [0.3, 0.4) is 0 Å². The SMILES string of the molecule is C=C/C(Br)=C\N=C(C)CCC. The van der Waals surface area contributed by atoms with Crippen molar-refractivity contribution in [3.63, 3.8) is 0 Å². The van der Waals surface area contributed by atoms with E-state index in [0.717, 1.165) is 23.0 Å². The summed E-state index contributed by atoms with van der Waals surface area (Å²) in [7, 11) is 0. The Labute approximate surface area is 77.0 Å². The summed E-state index contributed by atoms with van der Waals surface area (Å²) in [4.78, 5) is 4.22. The van der Waals surface area contributed by atoms with Gasteiger partial charge in [0.25, 0.3) is 0 Å². The minimum atomic E-state index is 0.924. The van der Waals surface area contributed by atoms with Crippen molar-refractivity contribution in [2.75, 3.05) is 0 Å². The Balaban J connectivity index is 3.99. The minimum absolute atomic E-state index is 0.924. The van der Waals surface area contributed by atoms with E-state index in [2.05, 4.69) is 34.4 Å². The lowest BCUT2D eigenvalue weighted by molar-refractivity contribution is 0.987. The van der Waals surface area contributed by atoms with Crippen molar-refractivity contribution in [3.05, 3.63) is 23.3 Å². The standard InChI is InChI=1S/C9H14BrN/c1-4-6-8(3)11-7-9(10)5-2/h5,7H,2,4,6H2,1,3H3/b9-7+,11-8?. The van der Waals surface area contributed by atoms with E-state index in [4.69, 9.17) is 0 Å². The predicted molar refractivity (Wildman–Crippen MR) is 55.2 cm³/mol. The summed E-state index contributed by atoms with van der Waals surface area (Å²) >= 11 is 3.29. The van der Waals surface area contributed by atoms with Crippen molar-refractivity contribution < 1.29 is 0 Å². The number of halogens is 1. The monoisotopic (exact) mass is 215 g/mol. The molecule has 0 N–H and O–H groups in total. The molecular weight excluding hydrogens is 202 g/mol. The molecule has 0 bridgehead atoms. The molecule has 0 atom stereocenters. The molecule has 0 unspecified atom stereocenters. The molecule has 0 saturated carbocycles. The molecule has 0 aliphatic carbocycles. The molecule has 62 valence electrons. The second-order valence-corrected chi connectivity index (χ2v) is 3.25. The number of hydrogen-bond acceptors (Lipinski definition) is 1. The lowest BCUT2D eigenvalue weighted by Crippen LogP contribution is -1.87. The fourth-order valence-electron chi connectivity index (χ4n) is 0.651. The molecule has 0 aliphatic rings. The van der Waals surface area contributed by atoms with E-state index in [1.54, 1.807) is 12.3 Å². The smallest absolute Gasteiger partial charge is 0.0409 e. The van der Waals surface area contributed by atoms with E-state index in [-0.39, 0.29) is 0 Å². The third-order valence-corrected chi connectivity index (χ3v) is 1.74. The average molecular weight is 216 g/mol. The predicted octanol–water partition coefficient (Wildman–Crippen LogP) is 3.67. The zero-order valence-corrected chi connectivity index (χ0v) is 8.69. The minimum Gasteiger partial charge on any atom is -0.265 e. The highest BCUT2D eigenvalue weighted by Gasteiger charge is 1.86. The molecule has 0 radical (unpaired) electrons. The number of allylic oxidation sites excluding steroid dienone is 2. The highest BCUT2D eigenvalue weighted by Crippen LogP contribution is 2.05. The maximum atomic E-state index is 4.22. The molecule has 0 heterocycles. The Morgan fingerprint density at radius 2 is 2.27 bits per heavy atom.